The van der Waals surface area contributed by atoms with Crippen molar-refractivity contribution in [2.45, 2.75) is 47.6 Å². The molecule has 2 rings (SSSR count). The predicted molar refractivity (Wildman–Crippen MR) is 113 cm³/mol. The average molecular weight is 383 g/mol. The molecule has 2 amide bonds. The van der Waals surface area contributed by atoms with Gasteiger partial charge in [-0.05, 0) is 69.0 Å². The minimum Gasteiger partial charge on any atom is -0.494 e. The highest BCUT2D eigenvalue weighted by Crippen LogP contribution is 2.22. The van der Waals surface area contributed by atoms with Crippen LogP contribution in [0.1, 0.15) is 47.8 Å². The van der Waals surface area contributed by atoms with E-state index < -0.39 is 6.04 Å². The highest BCUT2D eigenvalue weighted by molar-refractivity contribution is 6.01. The lowest BCUT2D eigenvalue weighted by Gasteiger charge is -2.23. The minimum atomic E-state index is -0.640. The van der Waals surface area contributed by atoms with Gasteiger partial charge >= 0.3 is 0 Å². The molecule has 0 aliphatic heterocycles. The van der Waals surface area contributed by atoms with Crippen LogP contribution in [0.5, 0.6) is 5.75 Å². The maximum Gasteiger partial charge on any atom is 0.251 e. The van der Waals surface area contributed by atoms with Gasteiger partial charge in [0.15, 0.2) is 0 Å². The fraction of sp³-hybridized carbons (Fsp3) is 0.391. The Labute approximate surface area is 167 Å². The van der Waals surface area contributed by atoms with Crippen LogP contribution in [0.3, 0.4) is 0 Å². The topological polar surface area (TPSA) is 67.4 Å². The molecule has 5 nitrogen and oxygen atoms in total. The molecule has 28 heavy (non-hydrogen) atoms. The molecule has 0 fully saturated rings. The molecule has 0 saturated carbocycles. The summed E-state index contributed by atoms with van der Waals surface area (Å²) in [6.45, 7) is 12.3. The van der Waals surface area contributed by atoms with E-state index in [1.807, 2.05) is 53.7 Å². The quantitative estimate of drug-likeness (QED) is 0.746. The molecule has 0 heterocycles. The van der Waals surface area contributed by atoms with E-state index in [-0.39, 0.29) is 17.7 Å². The van der Waals surface area contributed by atoms with Gasteiger partial charge in [-0.2, -0.15) is 0 Å². The Kier molecular flexibility index (Phi) is 7.21. The molecule has 1 atom stereocenters. The first-order valence-electron chi connectivity index (χ1n) is 9.65. The van der Waals surface area contributed by atoms with Crippen molar-refractivity contribution in [1.29, 1.82) is 0 Å². The first-order chi connectivity index (χ1) is 13.2. The van der Waals surface area contributed by atoms with E-state index in [9.17, 15) is 9.59 Å². The summed E-state index contributed by atoms with van der Waals surface area (Å²) in [6.07, 6.45) is 0. The van der Waals surface area contributed by atoms with Gasteiger partial charge in [0.1, 0.15) is 11.8 Å². The van der Waals surface area contributed by atoms with Crippen LogP contribution in [-0.2, 0) is 4.79 Å². The van der Waals surface area contributed by atoms with Gasteiger partial charge in [-0.15, -0.1) is 0 Å². The maximum absolute atomic E-state index is 12.9. The number of anilines is 1. The van der Waals surface area contributed by atoms with Gasteiger partial charge in [0.05, 0.1) is 6.61 Å². The van der Waals surface area contributed by atoms with Crippen LogP contribution in [0.15, 0.2) is 36.4 Å². The highest BCUT2D eigenvalue weighted by Gasteiger charge is 2.25. The van der Waals surface area contributed by atoms with Crippen LogP contribution in [0.4, 0.5) is 5.69 Å². The van der Waals surface area contributed by atoms with Crippen molar-refractivity contribution in [3.63, 3.8) is 0 Å². The van der Waals surface area contributed by atoms with Crippen molar-refractivity contribution in [1.82, 2.24) is 5.32 Å². The lowest BCUT2D eigenvalue weighted by atomic mass is 10.0. The summed E-state index contributed by atoms with van der Waals surface area (Å²) in [6, 6.07) is 10.3. The molecule has 0 aliphatic carbocycles. The summed E-state index contributed by atoms with van der Waals surface area (Å²) in [7, 11) is 0. The first-order valence-corrected chi connectivity index (χ1v) is 9.65. The number of hydrogen-bond donors (Lipinski definition) is 2. The number of rotatable bonds is 7. The van der Waals surface area contributed by atoms with E-state index in [0.29, 0.717) is 17.9 Å². The number of carbonyl (C=O) groups is 2. The second kappa shape index (κ2) is 9.40. The largest absolute Gasteiger partial charge is 0.494 e. The molecule has 0 bridgehead atoms. The third-order valence-corrected chi connectivity index (χ3v) is 4.59. The molecule has 0 radical (unpaired) electrons. The number of benzene rings is 2. The number of carbonyl (C=O) groups excluding carboxylic acids is 2. The van der Waals surface area contributed by atoms with Gasteiger partial charge < -0.3 is 15.4 Å². The van der Waals surface area contributed by atoms with E-state index in [1.54, 1.807) is 24.3 Å². The van der Waals surface area contributed by atoms with Crippen molar-refractivity contribution in [3.05, 3.63) is 58.7 Å². The Morgan fingerprint density at radius 3 is 2.07 bits per heavy atom. The Hall–Kier alpha value is -2.82. The van der Waals surface area contributed by atoms with Gasteiger partial charge in [-0.3, -0.25) is 9.59 Å². The monoisotopic (exact) mass is 382 g/mol. The van der Waals surface area contributed by atoms with E-state index in [2.05, 4.69) is 10.6 Å². The Morgan fingerprint density at radius 2 is 1.57 bits per heavy atom. The van der Waals surface area contributed by atoms with Crippen LogP contribution < -0.4 is 15.4 Å². The molecule has 150 valence electrons. The Morgan fingerprint density at radius 1 is 1.00 bits per heavy atom. The summed E-state index contributed by atoms with van der Waals surface area (Å²) in [5.74, 6) is 0.152. The average Bonchev–Trinajstić information content (AvgIpc) is 2.63. The fourth-order valence-corrected chi connectivity index (χ4v) is 3.21. The molecule has 2 aromatic carbocycles. The van der Waals surface area contributed by atoms with Crippen molar-refractivity contribution in [2.75, 3.05) is 11.9 Å². The Balaban J connectivity index is 2.14. The zero-order chi connectivity index (χ0) is 20.8. The molecule has 1 unspecified atom stereocenters. The summed E-state index contributed by atoms with van der Waals surface area (Å²) in [5.41, 5.74) is 4.45. The lowest BCUT2D eigenvalue weighted by molar-refractivity contribution is -0.118. The predicted octanol–water partition coefficient (Wildman–Crippen LogP) is 4.40. The van der Waals surface area contributed by atoms with Crippen molar-refractivity contribution in [2.24, 2.45) is 5.92 Å². The van der Waals surface area contributed by atoms with Crippen molar-refractivity contribution >= 4 is 17.5 Å². The molecule has 5 heteroatoms. The van der Waals surface area contributed by atoms with Crippen molar-refractivity contribution < 1.29 is 14.3 Å². The van der Waals surface area contributed by atoms with Gasteiger partial charge in [-0.25, -0.2) is 0 Å². The number of hydrogen-bond acceptors (Lipinski definition) is 3. The number of aryl methyl sites for hydroxylation is 3. The van der Waals surface area contributed by atoms with Crippen LogP contribution in [0.2, 0.25) is 0 Å². The Bertz CT molecular complexity index is 818. The van der Waals surface area contributed by atoms with Crippen LogP contribution in [-0.4, -0.2) is 24.5 Å². The highest BCUT2D eigenvalue weighted by atomic mass is 16.5. The van der Waals surface area contributed by atoms with Gasteiger partial charge in [0.2, 0.25) is 5.91 Å². The number of amides is 2. The van der Waals surface area contributed by atoms with E-state index in [4.69, 9.17) is 4.74 Å². The second-order valence-electron chi connectivity index (χ2n) is 7.42. The molecular weight excluding hydrogens is 352 g/mol. The van der Waals surface area contributed by atoms with Crippen LogP contribution in [0, 0.1) is 26.7 Å². The zero-order valence-electron chi connectivity index (χ0n) is 17.6. The van der Waals surface area contributed by atoms with Crippen LogP contribution >= 0.6 is 0 Å². The third-order valence-electron chi connectivity index (χ3n) is 4.59. The SMILES string of the molecule is CCOc1ccc(C(=O)NC(C(=O)Nc2c(C)cc(C)cc2C)C(C)C)cc1. The molecule has 0 aliphatic rings. The molecule has 0 aromatic heterocycles. The summed E-state index contributed by atoms with van der Waals surface area (Å²) >= 11 is 0. The molecule has 2 aromatic rings. The normalized spacial score (nSPS) is 11.8. The zero-order valence-corrected chi connectivity index (χ0v) is 17.6. The summed E-state index contributed by atoms with van der Waals surface area (Å²) in [4.78, 5) is 25.5. The van der Waals surface area contributed by atoms with Crippen molar-refractivity contribution in [3.8, 4) is 5.75 Å². The lowest BCUT2D eigenvalue weighted by Crippen LogP contribution is -2.47. The van der Waals surface area contributed by atoms with Gasteiger partial charge in [0.25, 0.3) is 5.91 Å². The first kappa shape index (κ1) is 21.5. The minimum absolute atomic E-state index is 0.0577. The second-order valence-corrected chi connectivity index (χ2v) is 7.42. The smallest absolute Gasteiger partial charge is 0.251 e. The summed E-state index contributed by atoms with van der Waals surface area (Å²) in [5, 5.41) is 5.86. The maximum atomic E-state index is 12.9. The molecule has 0 spiro atoms. The van der Waals surface area contributed by atoms with E-state index in [1.165, 1.54) is 0 Å². The number of ether oxygens (including phenoxy) is 1. The summed E-state index contributed by atoms with van der Waals surface area (Å²) < 4.78 is 5.40. The van der Waals surface area contributed by atoms with Gasteiger partial charge in [0, 0.05) is 11.3 Å². The number of nitrogens with one attached hydrogen (secondary N) is 2. The fourth-order valence-electron chi connectivity index (χ4n) is 3.21. The molecule has 0 saturated heterocycles. The third kappa shape index (κ3) is 5.35. The van der Waals surface area contributed by atoms with Crippen LogP contribution in [0.25, 0.3) is 0 Å². The standard InChI is InChI=1S/C23H30N2O3/c1-7-28-19-10-8-18(9-11-19)22(26)24-20(14(2)3)23(27)25-21-16(5)12-15(4)13-17(21)6/h8-14,20H,7H2,1-6H3,(H,24,26)(H,25,27). The van der Waals surface area contributed by atoms with E-state index >= 15 is 0 Å². The van der Waals surface area contributed by atoms with Gasteiger partial charge in [-0.1, -0.05) is 31.5 Å². The van der Waals surface area contributed by atoms with E-state index in [0.717, 1.165) is 22.4 Å². The molecular formula is C23H30N2O3. The molecule has 2 N–H and O–H groups in total.